The van der Waals surface area contributed by atoms with Crippen molar-refractivity contribution in [3.05, 3.63) is 84.4 Å². The summed E-state index contributed by atoms with van der Waals surface area (Å²) in [6, 6.07) is 25.3. The number of hydrogen-bond donors (Lipinski definition) is 2. The number of carbonyl (C=O) groups is 2. The summed E-state index contributed by atoms with van der Waals surface area (Å²) in [6.07, 6.45) is 0.151. The van der Waals surface area contributed by atoms with Gasteiger partial charge in [-0.15, -0.1) is 0 Å². The van der Waals surface area contributed by atoms with Crippen LogP contribution in [0.15, 0.2) is 83.3 Å². The second-order valence-corrected chi connectivity index (χ2v) is 9.37. The zero-order valence-electron chi connectivity index (χ0n) is 22.0. The predicted octanol–water partition coefficient (Wildman–Crippen LogP) is 6.30. The van der Waals surface area contributed by atoms with E-state index in [2.05, 4.69) is 24.5 Å². The van der Waals surface area contributed by atoms with Crippen LogP contribution in [0.2, 0.25) is 0 Å². The first-order valence-electron chi connectivity index (χ1n) is 12.9. The monoisotopic (exact) mass is 514 g/mol. The first-order chi connectivity index (χ1) is 18.4. The van der Waals surface area contributed by atoms with Gasteiger partial charge in [0.2, 0.25) is 0 Å². The summed E-state index contributed by atoms with van der Waals surface area (Å²) < 4.78 is 16.9. The van der Waals surface area contributed by atoms with E-state index < -0.39 is 0 Å². The van der Waals surface area contributed by atoms with Crippen molar-refractivity contribution in [2.75, 3.05) is 25.1 Å². The quantitative estimate of drug-likeness (QED) is 0.216. The van der Waals surface area contributed by atoms with Crippen LogP contribution in [0.3, 0.4) is 0 Å². The van der Waals surface area contributed by atoms with Crippen LogP contribution >= 0.6 is 0 Å². The Bertz CT molecular complexity index is 1310. The normalized spacial score (nSPS) is 11.8. The first kappa shape index (κ1) is 26.8. The van der Waals surface area contributed by atoms with E-state index in [4.69, 9.17) is 13.9 Å². The summed E-state index contributed by atoms with van der Waals surface area (Å²) in [6.45, 7) is 7.08. The number of benzene rings is 3. The number of fused-ring (bicyclic) bond motifs is 1. The standard InChI is InChI=1S/C31H34N2O5/c1-4-36-30(34)17-18-32-31(35)23-9-13-25(14-10-23)33-27(21(2)3)20-37-26-15-11-22(12-16-26)29-19-24-7-5-6-8-28(24)38-29/h5-16,19,21,27,33H,4,17-18,20H2,1-3H3,(H,32,35)/t27-/m1/s1. The molecule has 38 heavy (non-hydrogen) atoms. The topological polar surface area (TPSA) is 89.8 Å². The first-order valence-corrected chi connectivity index (χ1v) is 12.9. The number of carbonyl (C=O) groups excluding carboxylic acids is 2. The summed E-state index contributed by atoms with van der Waals surface area (Å²) in [5.74, 6) is 1.38. The third-order valence-corrected chi connectivity index (χ3v) is 6.22. The summed E-state index contributed by atoms with van der Waals surface area (Å²) in [5.41, 5.74) is 3.30. The Labute approximate surface area is 223 Å². The minimum absolute atomic E-state index is 0.0642. The Kier molecular flexibility index (Phi) is 9.03. The van der Waals surface area contributed by atoms with Crippen molar-refractivity contribution in [3.8, 4) is 17.1 Å². The molecule has 7 nitrogen and oxygen atoms in total. The zero-order valence-corrected chi connectivity index (χ0v) is 22.0. The molecule has 1 amide bonds. The maximum Gasteiger partial charge on any atom is 0.307 e. The van der Waals surface area contributed by atoms with Gasteiger partial charge in [0.1, 0.15) is 23.7 Å². The molecule has 7 heteroatoms. The van der Waals surface area contributed by atoms with Crippen LogP contribution in [-0.4, -0.2) is 37.7 Å². The van der Waals surface area contributed by atoms with Gasteiger partial charge in [0.15, 0.2) is 0 Å². The highest BCUT2D eigenvalue weighted by molar-refractivity contribution is 5.94. The molecule has 0 aliphatic heterocycles. The lowest BCUT2D eigenvalue weighted by Crippen LogP contribution is -2.32. The molecule has 3 aromatic carbocycles. The average molecular weight is 515 g/mol. The molecule has 1 heterocycles. The van der Waals surface area contributed by atoms with Gasteiger partial charge in [0, 0.05) is 28.7 Å². The lowest BCUT2D eigenvalue weighted by atomic mass is 10.0. The number of ether oxygens (including phenoxy) is 2. The number of amides is 1. The van der Waals surface area contributed by atoms with Crippen molar-refractivity contribution in [1.29, 1.82) is 0 Å². The van der Waals surface area contributed by atoms with Gasteiger partial charge in [0.05, 0.1) is 19.1 Å². The fourth-order valence-electron chi connectivity index (χ4n) is 3.97. The molecular formula is C31H34N2O5. The van der Waals surface area contributed by atoms with Crippen LogP contribution in [0.4, 0.5) is 5.69 Å². The van der Waals surface area contributed by atoms with Gasteiger partial charge in [-0.2, -0.15) is 0 Å². The molecule has 0 saturated heterocycles. The smallest absolute Gasteiger partial charge is 0.307 e. The molecule has 0 bridgehead atoms. The Morgan fingerprint density at radius 2 is 1.68 bits per heavy atom. The van der Waals surface area contributed by atoms with Crippen molar-refractivity contribution >= 4 is 28.5 Å². The molecule has 2 N–H and O–H groups in total. The van der Waals surface area contributed by atoms with Crippen LogP contribution in [0.1, 0.15) is 37.6 Å². The van der Waals surface area contributed by atoms with E-state index >= 15 is 0 Å². The molecule has 198 valence electrons. The maximum atomic E-state index is 12.3. The van der Waals surface area contributed by atoms with Gasteiger partial charge < -0.3 is 24.5 Å². The second kappa shape index (κ2) is 12.8. The van der Waals surface area contributed by atoms with Gasteiger partial charge in [-0.25, -0.2) is 0 Å². The fourth-order valence-corrected chi connectivity index (χ4v) is 3.97. The van der Waals surface area contributed by atoms with E-state index in [0.717, 1.165) is 33.7 Å². The predicted molar refractivity (Wildman–Crippen MR) is 149 cm³/mol. The summed E-state index contributed by atoms with van der Waals surface area (Å²) in [4.78, 5) is 23.8. The summed E-state index contributed by atoms with van der Waals surface area (Å²) in [5, 5.41) is 7.33. The minimum Gasteiger partial charge on any atom is -0.491 e. The highest BCUT2D eigenvalue weighted by Crippen LogP contribution is 2.29. The zero-order chi connectivity index (χ0) is 26.9. The average Bonchev–Trinajstić information content (AvgIpc) is 3.36. The number of para-hydroxylation sites is 1. The molecule has 0 aliphatic carbocycles. The van der Waals surface area contributed by atoms with Gasteiger partial charge >= 0.3 is 5.97 Å². The minimum atomic E-state index is -0.323. The van der Waals surface area contributed by atoms with Crippen molar-refractivity contribution in [3.63, 3.8) is 0 Å². The lowest BCUT2D eigenvalue weighted by molar-refractivity contribution is -0.142. The van der Waals surface area contributed by atoms with Crippen molar-refractivity contribution in [1.82, 2.24) is 5.32 Å². The van der Waals surface area contributed by atoms with Crippen LogP contribution in [0.5, 0.6) is 5.75 Å². The third-order valence-electron chi connectivity index (χ3n) is 6.22. The van der Waals surface area contributed by atoms with Gasteiger partial charge in [-0.3, -0.25) is 9.59 Å². The van der Waals surface area contributed by atoms with Crippen LogP contribution in [-0.2, 0) is 9.53 Å². The summed E-state index contributed by atoms with van der Waals surface area (Å²) in [7, 11) is 0. The van der Waals surface area contributed by atoms with Crippen LogP contribution in [0.25, 0.3) is 22.3 Å². The van der Waals surface area contributed by atoms with Crippen molar-refractivity contribution in [2.45, 2.75) is 33.2 Å². The third kappa shape index (κ3) is 7.16. The lowest BCUT2D eigenvalue weighted by Gasteiger charge is -2.24. The molecule has 0 fully saturated rings. The SMILES string of the molecule is CCOC(=O)CCNC(=O)c1ccc(N[C@H](COc2ccc(-c3cc4ccccc4o3)cc2)C(C)C)cc1. The van der Waals surface area contributed by atoms with Crippen molar-refractivity contribution in [2.24, 2.45) is 5.92 Å². The molecule has 0 aliphatic rings. The van der Waals surface area contributed by atoms with E-state index in [-0.39, 0.29) is 30.9 Å². The van der Waals surface area contributed by atoms with E-state index in [1.807, 2.05) is 66.7 Å². The number of nitrogens with one attached hydrogen (secondary N) is 2. The highest BCUT2D eigenvalue weighted by atomic mass is 16.5. The molecular weight excluding hydrogens is 480 g/mol. The van der Waals surface area contributed by atoms with Crippen LogP contribution < -0.4 is 15.4 Å². The maximum absolute atomic E-state index is 12.3. The van der Waals surface area contributed by atoms with E-state index in [9.17, 15) is 9.59 Å². The molecule has 1 atom stereocenters. The Morgan fingerprint density at radius 3 is 2.37 bits per heavy atom. The molecule has 4 rings (SSSR count). The second-order valence-electron chi connectivity index (χ2n) is 9.37. The van der Waals surface area contributed by atoms with Gasteiger partial charge in [0.25, 0.3) is 5.91 Å². The molecule has 4 aromatic rings. The van der Waals surface area contributed by atoms with E-state index in [1.54, 1.807) is 19.1 Å². The largest absolute Gasteiger partial charge is 0.491 e. The number of esters is 1. The number of anilines is 1. The molecule has 0 saturated carbocycles. The van der Waals surface area contributed by atoms with E-state index in [1.165, 1.54) is 0 Å². The number of rotatable bonds is 12. The number of furan rings is 1. The summed E-state index contributed by atoms with van der Waals surface area (Å²) >= 11 is 0. The molecule has 0 unspecified atom stereocenters. The van der Waals surface area contributed by atoms with Gasteiger partial charge in [-0.05, 0) is 73.5 Å². The Balaban J connectivity index is 1.29. The fraction of sp³-hybridized carbons (Fsp3) is 0.290. The van der Waals surface area contributed by atoms with Crippen molar-refractivity contribution < 1.29 is 23.5 Å². The Morgan fingerprint density at radius 1 is 0.947 bits per heavy atom. The van der Waals surface area contributed by atoms with E-state index in [0.29, 0.717) is 24.7 Å². The highest BCUT2D eigenvalue weighted by Gasteiger charge is 2.15. The molecule has 1 aromatic heterocycles. The Hall–Kier alpha value is -4.26. The van der Waals surface area contributed by atoms with Gasteiger partial charge in [-0.1, -0.05) is 32.0 Å². The molecule has 0 spiro atoms. The molecule has 0 radical (unpaired) electrons. The van der Waals surface area contributed by atoms with Crippen LogP contribution in [0, 0.1) is 5.92 Å². The number of hydrogen-bond acceptors (Lipinski definition) is 6.